The molecular formula is C12H21N3O2. The number of anilines is 1. The summed E-state index contributed by atoms with van der Waals surface area (Å²) in [5.74, 6) is 0. The maximum Gasteiger partial charge on any atom is 0.290 e. The van der Waals surface area contributed by atoms with Gasteiger partial charge in [-0.2, -0.15) is 0 Å². The van der Waals surface area contributed by atoms with Crippen LogP contribution in [0, 0.1) is 0 Å². The number of nitrogen functional groups attached to an aromatic ring is 1. The van der Waals surface area contributed by atoms with Gasteiger partial charge < -0.3 is 10.8 Å². The van der Waals surface area contributed by atoms with Crippen LogP contribution in [0.1, 0.15) is 38.3 Å². The number of hydrogen-bond acceptors (Lipinski definition) is 3. The van der Waals surface area contributed by atoms with Gasteiger partial charge in [0, 0.05) is 13.1 Å². The number of aliphatic hydroxyl groups excluding tert-OH is 1. The molecule has 5 nitrogen and oxygen atoms in total. The second-order valence-electron chi connectivity index (χ2n) is 4.72. The van der Waals surface area contributed by atoms with Crippen molar-refractivity contribution < 1.29 is 5.11 Å². The normalized spacial score (nSPS) is 16.1. The Morgan fingerprint density at radius 3 is 2.82 bits per heavy atom. The second kappa shape index (κ2) is 4.96. The Labute approximate surface area is 101 Å². The summed E-state index contributed by atoms with van der Waals surface area (Å²) in [7, 11) is 0. The van der Waals surface area contributed by atoms with Gasteiger partial charge in [-0.15, -0.1) is 0 Å². The fourth-order valence-electron chi connectivity index (χ4n) is 2.48. The number of rotatable bonds is 5. The van der Waals surface area contributed by atoms with Crippen molar-refractivity contribution in [2.75, 3.05) is 5.73 Å². The van der Waals surface area contributed by atoms with E-state index in [0.717, 1.165) is 50.9 Å². The van der Waals surface area contributed by atoms with Crippen molar-refractivity contribution in [2.24, 2.45) is 0 Å². The van der Waals surface area contributed by atoms with Gasteiger partial charge in [-0.25, -0.2) is 4.68 Å². The highest BCUT2D eigenvalue weighted by atomic mass is 16.3. The highest BCUT2D eigenvalue weighted by molar-refractivity contribution is 5.42. The topological polar surface area (TPSA) is 73.2 Å². The van der Waals surface area contributed by atoms with E-state index in [-0.39, 0.29) is 11.7 Å². The summed E-state index contributed by atoms with van der Waals surface area (Å²) in [6.07, 6.45) is 4.00. The number of aliphatic hydroxyl groups is 1. The van der Waals surface area contributed by atoms with Crippen molar-refractivity contribution in [3.8, 4) is 0 Å². The zero-order valence-corrected chi connectivity index (χ0v) is 10.4. The number of fused-ring (bicyclic) bond motifs is 1. The van der Waals surface area contributed by atoms with E-state index >= 15 is 0 Å². The smallest absolute Gasteiger partial charge is 0.290 e. The molecule has 1 aliphatic heterocycles. The van der Waals surface area contributed by atoms with Gasteiger partial charge in [-0.1, -0.05) is 6.92 Å². The minimum atomic E-state index is -0.233. The number of hydrogen-bond donors (Lipinski definition) is 2. The Kier molecular flexibility index (Phi) is 3.57. The molecule has 3 N–H and O–H groups in total. The van der Waals surface area contributed by atoms with Crippen molar-refractivity contribution in [3.05, 3.63) is 16.0 Å². The van der Waals surface area contributed by atoms with E-state index in [2.05, 4.69) is 0 Å². The van der Waals surface area contributed by atoms with Crippen LogP contribution in [0.5, 0.6) is 0 Å². The van der Waals surface area contributed by atoms with Gasteiger partial charge in [-0.05, 0) is 32.1 Å². The molecule has 1 unspecified atom stereocenters. The third-order valence-corrected chi connectivity index (χ3v) is 3.54. The van der Waals surface area contributed by atoms with Crippen molar-refractivity contribution in [3.63, 3.8) is 0 Å². The summed E-state index contributed by atoms with van der Waals surface area (Å²) in [5.41, 5.74) is 7.15. The van der Waals surface area contributed by atoms with Crippen LogP contribution in [0.15, 0.2) is 4.79 Å². The highest BCUT2D eigenvalue weighted by Crippen LogP contribution is 2.17. The molecule has 0 aliphatic carbocycles. The largest absolute Gasteiger partial charge is 0.393 e. The van der Waals surface area contributed by atoms with E-state index in [9.17, 15) is 9.90 Å². The molecule has 0 radical (unpaired) electrons. The van der Waals surface area contributed by atoms with Crippen molar-refractivity contribution in [1.82, 2.24) is 9.36 Å². The summed E-state index contributed by atoms with van der Waals surface area (Å²) in [4.78, 5) is 11.8. The molecule has 1 aliphatic rings. The Morgan fingerprint density at radius 2 is 2.12 bits per heavy atom. The van der Waals surface area contributed by atoms with E-state index in [1.807, 2.05) is 11.6 Å². The van der Waals surface area contributed by atoms with Gasteiger partial charge in [0.05, 0.1) is 11.8 Å². The molecular weight excluding hydrogens is 218 g/mol. The van der Waals surface area contributed by atoms with E-state index in [1.165, 1.54) is 0 Å². The minimum absolute atomic E-state index is 0.0476. The lowest BCUT2D eigenvalue weighted by Gasteiger charge is -2.09. The van der Waals surface area contributed by atoms with E-state index < -0.39 is 0 Å². The van der Waals surface area contributed by atoms with Crippen LogP contribution in [0.3, 0.4) is 0 Å². The van der Waals surface area contributed by atoms with Crippen LogP contribution >= 0.6 is 0 Å². The standard InChI is InChI=1S/C12H21N3O2/c1-2-9(16)5-3-6-10-11(13)12(17)15-8-4-7-14(10)15/h9,16H,2-8,13H2,1H3. The summed E-state index contributed by atoms with van der Waals surface area (Å²) < 4.78 is 3.75. The number of nitrogens with two attached hydrogens (primary N) is 1. The van der Waals surface area contributed by atoms with Crippen LogP contribution in [-0.4, -0.2) is 20.6 Å². The van der Waals surface area contributed by atoms with Gasteiger partial charge in [0.15, 0.2) is 0 Å². The van der Waals surface area contributed by atoms with Gasteiger partial charge >= 0.3 is 0 Å². The highest BCUT2D eigenvalue weighted by Gasteiger charge is 2.20. The molecule has 1 aromatic heterocycles. The molecule has 2 heterocycles. The van der Waals surface area contributed by atoms with Gasteiger partial charge in [0.25, 0.3) is 5.56 Å². The quantitative estimate of drug-likeness (QED) is 0.795. The maximum atomic E-state index is 11.8. The Bertz CT molecular complexity index is 447. The van der Waals surface area contributed by atoms with E-state index in [1.54, 1.807) is 4.68 Å². The van der Waals surface area contributed by atoms with Crippen molar-refractivity contribution >= 4 is 5.69 Å². The lowest BCUT2D eigenvalue weighted by atomic mass is 10.1. The molecule has 2 rings (SSSR count). The van der Waals surface area contributed by atoms with Crippen molar-refractivity contribution in [1.29, 1.82) is 0 Å². The molecule has 0 spiro atoms. The summed E-state index contributed by atoms with van der Waals surface area (Å²) in [6, 6.07) is 0. The molecule has 1 aromatic rings. The maximum absolute atomic E-state index is 11.8. The molecule has 0 bridgehead atoms. The lowest BCUT2D eigenvalue weighted by molar-refractivity contribution is 0.157. The van der Waals surface area contributed by atoms with Crippen LogP contribution in [-0.2, 0) is 19.5 Å². The fourth-order valence-corrected chi connectivity index (χ4v) is 2.48. The predicted octanol–water partition coefficient (Wildman–Crippen LogP) is 0.729. The monoisotopic (exact) mass is 239 g/mol. The SMILES string of the molecule is CCC(O)CCCc1c(N)c(=O)n2n1CCC2. The third kappa shape index (κ3) is 2.24. The third-order valence-electron chi connectivity index (χ3n) is 3.54. The van der Waals surface area contributed by atoms with Crippen LogP contribution in [0.4, 0.5) is 5.69 Å². The molecule has 0 aromatic carbocycles. The minimum Gasteiger partial charge on any atom is -0.393 e. The first-order chi connectivity index (χ1) is 8.15. The number of aromatic nitrogens is 2. The van der Waals surface area contributed by atoms with Crippen LogP contribution in [0.2, 0.25) is 0 Å². The fraction of sp³-hybridized carbons (Fsp3) is 0.750. The average molecular weight is 239 g/mol. The van der Waals surface area contributed by atoms with Gasteiger partial charge in [0.1, 0.15) is 5.69 Å². The molecule has 0 saturated heterocycles. The number of nitrogens with zero attached hydrogens (tertiary/aromatic N) is 2. The van der Waals surface area contributed by atoms with E-state index in [0.29, 0.717) is 5.69 Å². The lowest BCUT2D eigenvalue weighted by Crippen LogP contribution is -2.18. The second-order valence-corrected chi connectivity index (χ2v) is 4.72. The summed E-state index contributed by atoms with van der Waals surface area (Å²) >= 11 is 0. The Balaban J connectivity index is 2.06. The molecule has 0 saturated carbocycles. The van der Waals surface area contributed by atoms with Crippen LogP contribution < -0.4 is 11.3 Å². The molecule has 0 fully saturated rings. The average Bonchev–Trinajstić information content (AvgIpc) is 2.87. The first-order valence-corrected chi connectivity index (χ1v) is 6.41. The van der Waals surface area contributed by atoms with Crippen LogP contribution in [0.25, 0.3) is 0 Å². The zero-order chi connectivity index (χ0) is 12.4. The predicted molar refractivity (Wildman–Crippen MR) is 67.0 cm³/mol. The molecule has 1 atom stereocenters. The Morgan fingerprint density at radius 1 is 1.41 bits per heavy atom. The van der Waals surface area contributed by atoms with E-state index in [4.69, 9.17) is 5.73 Å². The zero-order valence-electron chi connectivity index (χ0n) is 10.4. The van der Waals surface area contributed by atoms with Gasteiger partial charge in [0.2, 0.25) is 0 Å². The Hall–Kier alpha value is -1.23. The molecule has 17 heavy (non-hydrogen) atoms. The first-order valence-electron chi connectivity index (χ1n) is 6.41. The van der Waals surface area contributed by atoms with Crippen molar-refractivity contribution in [2.45, 2.75) is 58.2 Å². The summed E-state index contributed by atoms with van der Waals surface area (Å²) in [6.45, 7) is 3.64. The molecule has 5 heteroatoms. The molecule has 96 valence electrons. The first kappa shape index (κ1) is 12.2. The molecule has 0 amide bonds. The van der Waals surface area contributed by atoms with Gasteiger partial charge in [-0.3, -0.25) is 9.48 Å². The summed E-state index contributed by atoms with van der Waals surface area (Å²) in [5, 5.41) is 9.50.